The van der Waals surface area contributed by atoms with Gasteiger partial charge in [0.2, 0.25) is 0 Å². The highest BCUT2D eigenvalue weighted by atomic mass is 32.2. The summed E-state index contributed by atoms with van der Waals surface area (Å²) in [4.78, 5) is 7.25. The van der Waals surface area contributed by atoms with Crippen molar-refractivity contribution in [1.29, 1.82) is 0 Å². The molecule has 0 unspecified atom stereocenters. The lowest BCUT2D eigenvalue weighted by molar-refractivity contribution is 1.03. The molecule has 0 bridgehead atoms. The quantitative estimate of drug-likeness (QED) is 0.163. The van der Waals surface area contributed by atoms with Crippen LogP contribution in [0.4, 0.5) is 34.3 Å². The van der Waals surface area contributed by atoms with Crippen molar-refractivity contribution < 1.29 is 0 Å². The maximum atomic E-state index is 2.45. The summed E-state index contributed by atoms with van der Waals surface area (Å²) in [6.07, 6.45) is 0. The molecule has 2 heterocycles. The average molecular weight is 710 g/mol. The molecule has 1 aliphatic heterocycles. The Kier molecular flexibility index (Phi) is 8.08. The summed E-state index contributed by atoms with van der Waals surface area (Å²) in [6.45, 7) is 0. The molecule has 0 fully saturated rings. The molecule has 256 valence electrons. The van der Waals surface area contributed by atoms with E-state index in [1.165, 1.54) is 54.5 Å². The molecule has 0 spiro atoms. The number of nitrogens with zero attached hydrogens (tertiary/aromatic N) is 3. The highest BCUT2D eigenvalue weighted by molar-refractivity contribution is 8.00. The predicted molar refractivity (Wildman–Crippen MR) is 228 cm³/mol. The molecule has 0 saturated carbocycles. The summed E-state index contributed by atoms with van der Waals surface area (Å²) < 4.78 is 2.42. The van der Waals surface area contributed by atoms with Gasteiger partial charge in [-0.2, -0.15) is 0 Å². The van der Waals surface area contributed by atoms with Gasteiger partial charge in [-0.05, 0) is 101 Å². The fourth-order valence-corrected chi connectivity index (χ4v) is 8.78. The SMILES string of the molecule is c1ccc(N(c2ccccc2)c2ccc(-c3ccc(-c4ccc5c(c4)N(c4ccccc4)c4c(c6ccccc6n4-c4ccccc4)S5)cc3)cc2)cc1. The lowest BCUT2D eigenvalue weighted by Crippen LogP contribution is -2.18. The Morgan fingerprint density at radius 2 is 0.852 bits per heavy atom. The van der Waals surface area contributed by atoms with Gasteiger partial charge in [0.25, 0.3) is 0 Å². The summed E-state index contributed by atoms with van der Waals surface area (Å²) in [5.41, 5.74) is 12.8. The van der Waals surface area contributed by atoms with Gasteiger partial charge in [-0.3, -0.25) is 9.47 Å². The van der Waals surface area contributed by atoms with Crippen LogP contribution in [0.5, 0.6) is 0 Å². The van der Waals surface area contributed by atoms with Crippen LogP contribution in [-0.4, -0.2) is 4.57 Å². The van der Waals surface area contributed by atoms with E-state index in [1.807, 2.05) is 11.8 Å². The van der Waals surface area contributed by atoms with Crippen molar-refractivity contribution >= 4 is 56.9 Å². The first-order valence-corrected chi connectivity index (χ1v) is 19.1. The largest absolute Gasteiger partial charge is 0.311 e. The number of rotatable bonds is 7. The molecule has 1 aromatic heterocycles. The minimum atomic E-state index is 1.12. The van der Waals surface area contributed by atoms with E-state index in [4.69, 9.17) is 0 Å². The second-order valence-corrected chi connectivity index (χ2v) is 14.5. The molecule has 9 aromatic rings. The maximum absolute atomic E-state index is 2.45. The second kappa shape index (κ2) is 13.7. The van der Waals surface area contributed by atoms with Gasteiger partial charge in [-0.1, -0.05) is 145 Å². The van der Waals surface area contributed by atoms with E-state index in [-0.39, 0.29) is 0 Å². The van der Waals surface area contributed by atoms with Gasteiger partial charge in [0.05, 0.1) is 16.1 Å². The van der Waals surface area contributed by atoms with Crippen molar-refractivity contribution in [3.63, 3.8) is 0 Å². The van der Waals surface area contributed by atoms with Crippen LogP contribution in [0.15, 0.2) is 222 Å². The van der Waals surface area contributed by atoms with E-state index in [1.54, 1.807) is 0 Å². The first kappa shape index (κ1) is 31.9. The fourth-order valence-electron chi connectivity index (χ4n) is 7.62. The Balaban J connectivity index is 1.01. The Morgan fingerprint density at radius 1 is 0.389 bits per heavy atom. The molecule has 0 aliphatic carbocycles. The number of hydrogen-bond acceptors (Lipinski definition) is 3. The van der Waals surface area contributed by atoms with Gasteiger partial charge in [0.15, 0.2) is 0 Å². The summed E-state index contributed by atoms with van der Waals surface area (Å²) in [5.74, 6) is 1.17. The highest BCUT2D eigenvalue weighted by Gasteiger charge is 2.32. The molecule has 10 rings (SSSR count). The summed E-state index contributed by atoms with van der Waals surface area (Å²) in [7, 11) is 0. The van der Waals surface area contributed by atoms with Crippen molar-refractivity contribution in [2.24, 2.45) is 0 Å². The summed E-state index contributed by atoms with van der Waals surface area (Å²) in [6, 6.07) is 76.1. The lowest BCUT2D eigenvalue weighted by Gasteiger charge is -2.33. The third-order valence-electron chi connectivity index (χ3n) is 10.2. The standard InChI is InChI=1S/C50H35N3S/c1-5-15-40(16-6-1)51(41-17-7-2-8-18-41)44-32-29-37(30-33-44)36-25-27-38(28-26-36)39-31-34-48-47(35-39)53(43-21-11-4-12-22-43)50-49(54-48)45-23-13-14-24-46(45)52(50)42-19-9-3-10-20-42/h1-35H. The number of fused-ring (bicyclic) bond motifs is 4. The van der Waals surface area contributed by atoms with E-state index < -0.39 is 0 Å². The maximum Gasteiger partial charge on any atom is 0.137 e. The zero-order valence-corrected chi connectivity index (χ0v) is 30.3. The van der Waals surface area contributed by atoms with Crippen LogP contribution in [0.2, 0.25) is 0 Å². The summed E-state index contributed by atoms with van der Waals surface area (Å²) in [5, 5.41) is 1.26. The van der Waals surface area contributed by atoms with Crippen LogP contribution in [0.1, 0.15) is 0 Å². The first-order chi connectivity index (χ1) is 26.8. The van der Waals surface area contributed by atoms with Gasteiger partial charge in [0, 0.05) is 38.7 Å². The number of hydrogen-bond donors (Lipinski definition) is 0. The molecule has 0 atom stereocenters. The lowest BCUT2D eigenvalue weighted by atomic mass is 9.99. The number of anilines is 6. The van der Waals surface area contributed by atoms with Crippen LogP contribution in [0.25, 0.3) is 38.8 Å². The molecule has 8 aromatic carbocycles. The molecule has 0 saturated heterocycles. The van der Waals surface area contributed by atoms with Crippen LogP contribution in [0, 0.1) is 0 Å². The van der Waals surface area contributed by atoms with Crippen LogP contribution in [-0.2, 0) is 0 Å². The van der Waals surface area contributed by atoms with E-state index in [2.05, 4.69) is 227 Å². The number of benzene rings is 8. The Hall–Kier alpha value is -6.75. The third-order valence-corrected chi connectivity index (χ3v) is 11.3. The minimum absolute atomic E-state index is 1.12. The number of aromatic nitrogens is 1. The molecule has 1 aliphatic rings. The molecule has 4 heteroatoms. The van der Waals surface area contributed by atoms with Gasteiger partial charge < -0.3 is 4.90 Å². The Labute approximate surface area is 320 Å². The zero-order valence-electron chi connectivity index (χ0n) is 29.5. The topological polar surface area (TPSA) is 11.4 Å². The van der Waals surface area contributed by atoms with E-state index in [0.717, 1.165) is 28.4 Å². The van der Waals surface area contributed by atoms with Crippen molar-refractivity contribution in [1.82, 2.24) is 4.57 Å². The minimum Gasteiger partial charge on any atom is -0.311 e. The molecule has 54 heavy (non-hydrogen) atoms. The first-order valence-electron chi connectivity index (χ1n) is 18.3. The molecule has 3 nitrogen and oxygen atoms in total. The molecule has 0 radical (unpaired) electrons. The van der Waals surface area contributed by atoms with Crippen molar-refractivity contribution in [2.45, 2.75) is 9.79 Å². The highest BCUT2D eigenvalue weighted by Crippen LogP contribution is 2.56. The monoisotopic (exact) mass is 709 g/mol. The third kappa shape index (κ3) is 5.65. The smallest absolute Gasteiger partial charge is 0.137 e. The van der Waals surface area contributed by atoms with Crippen molar-refractivity contribution in [3.8, 4) is 27.9 Å². The fraction of sp³-hybridized carbons (Fsp3) is 0. The molecular weight excluding hydrogens is 675 g/mol. The van der Waals surface area contributed by atoms with Gasteiger partial charge >= 0.3 is 0 Å². The zero-order chi connectivity index (χ0) is 35.8. The molecule has 0 N–H and O–H groups in total. The molecular formula is C50H35N3S. The van der Waals surface area contributed by atoms with E-state index in [9.17, 15) is 0 Å². The van der Waals surface area contributed by atoms with E-state index in [0.29, 0.717) is 0 Å². The Morgan fingerprint density at radius 3 is 1.46 bits per heavy atom. The van der Waals surface area contributed by atoms with Crippen molar-refractivity contribution in [3.05, 3.63) is 212 Å². The van der Waals surface area contributed by atoms with Crippen LogP contribution in [0.3, 0.4) is 0 Å². The average Bonchev–Trinajstić information content (AvgIpc) is 3.58. The van der Waals surface area contributed by atoms with Crippen molar-refractivity contribution in [2.75, 3.05) is 9.80 Å². The summed E-state index contributed by atoms with van der Waals surface area (Å²) >= 11 is 1.86. The molecule has 0 amide bonds. The Bertz CT molecular complexity index is 2670. The van der Waals surface area contributed by atoms with Gasteiger partial charge in [-0.15, -0.1) is 0 Å². The van der Waals surface area contributed by atoms with E-state index >= 15 is 0 Å². The normalized spacial score (nSPS) is 12.0. The van der Waals surface area contributed by atoms with Crippen LogP contribution < -0.4 is 9.80 Å². The van der Waals surface area contributed by atoms with Crippen LogP contribution >= 0.6 is 11.8 Å². The number of para-hydroxylation sites is 5. The second-order valence-electron chi connectivity index (χ2n) is 13.4. The van der Waals surface area contributed by atoms with Gasteiger partial charge in [0.1, 0.15) is 5.82 Å². The van der Waals surface area contributed by atoms with Gasteiger partial charge in [-0.25, -0.2) is 0 Å². The predicted octanol–water partition coefficient (Wildman–Crippen LogP) is 14.4.